The van der Waals surface area contributed by atoms with E-state index >= 15 is 0 Å². The molecule has 0 aliphatic carbocycles. The molecule has 0 bridgehead atoms. The van der Waals surface area contributed by atoms with Crippen molar-refractivity contribution in [3.63, 3.8) is 0 Å². The number of fused-ring (bicyclic) bond motifs is 1. The third kappa shape index (κ3) is 1.99. The lowest BCUT2D eigenvalue weighted by Crippen LogP contribution is -2.50. The van der Waals surface area contributed by atoms with Gasteiger partial charge in [0.1, 0.15) is 5.82 Å². The Kier molecular flexibility index (Phi) is 2.85. The van der Waals surface area contributed by atoms with Crippen LogP contribution in [0.1, 0.15) is 39.6 Å². The number of nitrogens with zero attached hydrogens (tertiary/aromatic N) is 3. The molecular weight excluding hydrogens is 250 g/mol. The molecule has 106 valence electrons. The van der Waals surface area contributed by atoms with Crippen molar-refractivity contribution in [1.29, 1.82) is 0 Å². The average molecular weight is 271 g/mol. The summed E-state index contributed by atoms with van der Waals surface area (Å²) in [4.78, 5) is 18.1. The molecule has 0 spiro atoms. The van der Waals surface area contributed by atoms with E-state index in [1.807, 2.05) is 17.0 Å². The summed E-state index contributed by atoms with van der Waals surface area (Å²) in [5, 5.41) is 0. The number of carbonyl (C=O) groups is 1. The highest BCUT2D eigenvalue weighted by molar-refractivity contribution is 5.77. The molecule has 4 heteroatoms. The van der Waals surface area contributed by atoms with E-state index in [0.29, 0.717) is 6.04 Å². The van der Waals surface area contributed by atoms with E-state index in [-0.39, 0.29) is 11.3 Å². The van der Waals surface area contributed by atoms with Crippen LogP contribution in [0.3, 0.4) is 0 Å². The number of hydrogen-bond donors (Lipinski definition) is 0. The third-order valence-corrected chi connectivity index (χ3v) is 3.94. The topological polar surface area (TPSA) is 38.1 Å². The van der Waals surface area contributed by atoms with Gasteiger partial charge in [-0.3, -0.25) is 4.79 Å². The molecule has 1 aliphatic rings. The Hall–Kier alpha value is -1.84. The van der Waals surface area contributed by atoms with Crippen LogP contribution in [-0.4, -0.2) is 33.4 Å². The highest BCUT2D eigenvalue weighted by Crippen LogP contribution is 2.33. The maximum Gasteiger partial charge on any atom is 0.219 e. The van der Waals surface area contributed by atoms with E-state index in [9.17, 15) is 4.79 Å². The molecule has 1 aromatic heterocycles. The molecule has 4 nitrogen and oxygen atoms in total. The molecule has 0 radical (unpaired) electrons. The van der Waals surface area contributed by atoms with Crippen LogP contribution in [0, 0.1) is 0 Å². The number of hydrogen-bond acceptors (Lipinski definition) is 2. The van der Waals surface area contributed by atoms with Gasteiger partial charge in [0, 0.05) is 25.4 Å². The Morgan fingerprint density at radius 1 is 1.25 bits per heavy atom. The summed E-state index contributed by atoms with van der Waals surface area (Å²) >= 11 is 0. The van der Waals surface area contributed by atoms with Crippen molar-refractivity contribution in [2.45, 2.75) is 39.2 Å². The second kappa shape index (κ2) is 4.33. The lowest BCUT2D eigenvalue weighted by molar-refractivity contribution is -0.134. The number of rotatable bonds is 1. The molecule has 1 amide bonds. The van der Waals surface area contributed by atoms with Crippen LogP contribution >= 0.6 is 0 Å². The van der Waals surface area contributed by atoms with Crippen molar-refractivity contribution in [3.8, 4) is 0 Å². The van der Waals surface area contributed by atoms with Crippen molar-refractivity contribution < 1.29 is 4.79 Å². The third-order valence-electron chi connectivity index (χ3n) is 3.94. The Morgan fingerprint density at radius 3 is 2.50 bits per heavy atom. The van der Waals surface area contributed by atoms with Gasteiger partial charge in [-0.1, -0.05) is 32.9 Å². The summed E-state index contributed by atoms with van der Waals surface area (Å²) in [5.41, 5.74) is 2.21. The van der Waals surface area contributed by atoms with Gasteiger partial charge in [0.15, 0.2) is 0 Å². The van der Waals surface area contributed by atoms with Crippen LogP contribution in [0.5, 0.6) is 0 Å². The molecule has 1 aromatic carbocycles. The minimum atomic E-state index is -0.00430. The number of carbonyl (C=O) groups excluding carboxylic acids is 1. The maximum absolute atomic E-state index is 11.4. The molecule has 1 saturated heterocycles. The fourth-order valence-corrected chi connectivity index (χ4v) is 2.82. The number of amides is 1. The zero-order valence-electron chi connectivity index (χ0n) is 12.6. The first-order chi connectivity index (χ1) is 9.38. The van der Waals surface area contributed by atoms with E-state index in [0.717, 1.165) is 24.4 Å². The molecule has 0 N–H and O–H groups in total. The quantitative estimate of drug-likeness (QED) is 0.800. The van der Waals surface area contributed by atoms with Crippen molar-refractivity contribution in [2.24, 2.45) is 0 Å². The molecule has 20 heavy (non-hydrogen) atoms. The highest BCUT2D eigenvalue weighted by Gasteiger charge is 2.34. The van der Waals surface area contributed by atoms with Gasteiger partial charge in [-0.25, -0.2) is 4.98 Å². The summed E-state index contributed by atoms with van der Waals surface area (Å²) in [6, 6.07) is 8.60. The minimum absolute atomic E-state index is 0.00430. The van der Waals surface area contributed by atoms with Crippen molar-refractivity contribution in [2.75, 3.05) is 13.1 Å². The molecule has 0 atom stereocenters. The second-order valence-electron chi connectivity index (χ2n) is 6.62. The number of likely N-dealkylation sites (tertiary alicyclic amines) is 1. The zero-order chi connectivity index (χ0) is 14.5. The smallest absolute Gasteiger partial charge is 0.219 e. The zero-order valence-corrected chi connectivity index (χ0v) is 12.6. The van der Waals surface area contributed by atoms with Gasteiger partial charge in [0.05, 0.1) is 17.1 Å². The van der Waals surface area contributed by atoms with Gasteiger partial charge in [-0.05, 0) is 12.1 Å². The molecule has 0 saturated carbocycles. The fraction of sp³-hybridized carbons (Fsp3) is 0.500. The van der Waals surface area contributed by atoms with E-state index in [1.54, 1.807) is 6.92 Å². The van der Waals surface area contributed by atoms with E-state index in [4.69, 9.17) is 4.98 Å². The number of para-hydroxylation sites is 2. The predicted molar refractivity (Wildman–Crippen MR) is 79.7 cm³/mol. The van der Waals surface area contributed by atoms with Crippen LogP contribution in [0.15, 0.2) is 24.3 Å². The van der Waals surface area contributed by atoms with Crippen LogP contribution in [0.2, 0.25) is 0 Å². The maximum atomic E-state index is 11.4. The first kappa shape index (κ1) is 13.2. The summed E-state index contributed by atoms with van der Waals surface area (Å²) in [7, 11) is 0. The largest absolute Gasteiger partial charge is 0.339 e. The Labute approximate surface area is 119 Å². The molecule has 3 rings (SSSR count). The van der Waals surface area contributed by atoms with Crippen LogP contribution in [0.4, 0.5) is 0 Å². The number of imidazole rings is 1. The van der Waals surface area contributed by atoms with Crippen LogP contribution in [0.25, 0.3) is 11.0 Å². The van der Waals surface area contributed by atoms with E-state index in [1.165, 1.54) is 5.52 Å². The Balaban J connectivity index is 2.07. The Morgan fingerprint density at radius 2 is 1.90 bits per heavy atom. The molecule has 2 heterocycles. The van der Waals surface area contributed by atoms with E-state index < -0.39 is 0 Å². The molecule has 2 aromatic rings. The van der Waals surface area contributed by atoms with Crippen molar-refractivity contribution >= 4 is 16.9 Å². The van der Waals surface area contributed by atoms with Gasteiger partial charge >= 0.3 is 0 Å². The van der Waals surface area contributed by atoms with Gasteiger partial charge in [0.2, 0.25) is 5.91 Å². The SMILES string of the molecule is CC(=O)N1CC(n2c(C(C)(C)C)nc3ccccc32)C1. The highest BCUT2D eigenvalue weighted by atomic mass is 16.2. The standard InChI is InChI=1S/C16H21N3O/c1-11(20)18-9-12(10-18)19-14-8-6-5-7-13(14)17-15(19)16(2,3)4/h5-8,12H,9-10H2,1-4H3. The van der Waals surface area contributed by atoms with E-state index in [2.05, 4.69) is 37.5 Å². The monoisotopic (exact) mass is 271 g/mol. The van der Waals surface area contributed by atoms with Crippen molar-refractivity contribution in [1.82, 2.24) is 14.5 Å². The predicted octanol–water partition coefficient (Wildman–Crippen LogP) is 2.74. The molecule has 1 aliphatic heterocycles. The lowest BCUT2D eigenvalue weighted by atomic mass is 9.94. The second-order valence-corrected chi connectivity index (χ2v) is 6.62. The summed E-state index contributed by atoms with van der Waals surface area (Å²) in [6.07, 6.45) is 0. The normalized spacial score (nSPS) is 16.5. The fourth-order valence-electron chi connectivity index (χ4n) is 2.82. The van der Waals surface area contributed by atoms with Crippen molar-refractivity contribution in [3.05, 3.63) is 30.1 Å². The van der Waals surface area contributed by atoms with Gasteiger partial charge < -0.3 is 9.47 Å². The Bertz CT molecular complexity index is 660. The first-order valence-corrected chi connectivity index (χ1v) is 7.11. The lowest BCUT2D eigenvalue weighted by Gasteiger charge is -2.41. The summed E-state index contributed by atoms with van der Waals surface area (Å²) < 4.78 is 2.33. The van der Waals surface area contributed by atoms with Gasteiger partial charge in [0.25, 0.3) is 0 Å². The number of aromatic nitrogens is 2. The molecule has 0 unspecified atom stereocenters. The van der Waals surface area contributed by atoms with Gasteiger partial charge in [-0.2, -0.15) is 0 Å². The number of benzene rings is 1. The average Bonchev–Trinajstić information content (AvgIpc) is 2.66. The van der Waals surface area contributed by atoms with Crippen LogP contribution < -0.4 is 0 Å². The summed E-state index contributed by atoms with van der Waals surface area (Å²) in [6.45, 7) is 9.77. The molecular formula is C16H21N3O. The first-order valence-electron chi connectivity index (χ1n) is 7.11. The minimum Gasteiger partial charge on any atom is -0.339 e. The molecule has 1 fully saturated rings. The van der Waals surface area contributed by atoms with Gasteiger partial charge in [-0.15, -0.1) is 0 Å². The van der Waals surface area contributed by atoms with Crippen LogP contribution in [-0.2, 0) is 10.2 Å². The summed E-state index contributed by atoms with van der Waals surface area (Å²) in [5.74, 6) is 1.26.